The lowest BCUT2D eigenvalue weighted by atomic mass is 10.1. The minimum absolute atomic E-state index is 0.0541. The summed E-state index contributed by atoms with van der Waals surface area (Å²) in [4.78, 5) is 17.5. The molecule has 0 aliphatic heterocycles. The number of hydrogen-bond donors (Lipinski definition) is 0. The molecule has 0 fully saturated rings. The van der Waals surface area contributed by atoms with Gasteiger partial charge in [0.05, 0.1) is 23.6 Å². The van der Waals surface area contributed by atoms with Crippen LogP contribution in [-0.4, -0.2) is 28.1 Å². The van der Waals surface area contributed by atoms with E-state index < -0.39 is 17.7 Å². The predicted octanol–water partition coefficient (Wildman–Crippen LogP) is 4.12. The van der Waals surface area contributed by atoms with Crippen molar-refractivity contribution in [3.05, 3.63) is 52.3 Å². The van der Waals surface area contributed by atoms with E-state index >= 15 is 0 Å². The largest absolute Gasteiger partial charge is 0.461 e. The molecule has 0 N–H and O–H groups in total. The van der Waals surface area contributed by atoms with Gasteiger partial charge in [0.15, 0.2) is 5.69 Å². The molecular weight excluding hydrogens is 375 g/mol. The lowest BCUT2D eigenvalue weighted by molar-refractivity contribution is -0.137. The van der Waals surface area contributed by atoms with Crippen LogP contribution in [0, 0.1) is 0 Å². The maximum absolute atomic E-state index is 12.8. The number of alkyl halides is 3. The van der Waals surface area contributed by atoms with Gasteiger partial charge >= 0.3 is 12.1 Å². The Labute approximate surface area is 160 Å². The number of carbonyl (C=O) groups is 1. The lowest BCUT2D eigenvalue weighted by Crippen LogP contribution is -2.13. The van der Waals surface area contributed by atoms with Gasteiger partial charge in [0.2, 0.25) is 0 Å². The summed E-state index contributed by atoms with van der Waals surface area (Å²) in [7, 11) is 1.63. The Morgan fingerprint density at radius 3 is 2.61 bits per heavy atom. The van der Waals surface area contributed by atoms with Gasteiger partial charge in [0.1, 0.15) is 6.61 Å². The first-order valence-electron chi connectivity index (χ1n) is 8.75. The molecule has 2 rings (SSSR count). The van der Waals surface area contributed by atoms with Crippen molar-refractivity contribution >= 4 is 11.7 Å². The van der Waals surface area contributed by atoms with Crippen molar-refractivity contribution in [1.82, 2.24) is 9.78 Å². The summed E-state index contributed by atoms with van der Waals surface area (Å²) in [5, 5.41) is 8.19. The standard InChI is InChI=1S/C19H22F3N3O3/c1-5-16-15(17(25(4)23-16)18(26)27-6-2)11-28-24-12(3)13-8-7-9-14(10-13)19(20,21)22/h7-10H,5-6,11H2,1-4H3. The number of halogens is 3. The maximum Gasteiger partial charge on any atom is 0.416 e. The van der Waals surface area contributed by atoms with E-state index in [1.807, 2.05) is 6.92 Å². The highest BCUT2D eigenvalue weighted by molar-refractivity contribution is 5.98. The van der Waals surface area contributed by atoms with E-state index in [4.69, 9.17) is 9.57 Å². The van der Waals surface area contributed by atoms with E-state index in [0.29, 0.717) is 23.2 Å². The van der Waals surface area contributed by atoms with Crippen LogP contribution in [0.2, 0.25) is 0 Å². The van der Waals surface area contributed by atoms with Gasteiger partial charge in [0, 0.05) is 12.6 Å². The fourth-order valence-electron chi connectivity index (χ4n) is 2.68. The molecule has 2 aromatic rings. The van der Waals surface area contributed by atoms with Gasteiger partial charge in [-0.3, -0.25) is 4.68 Å². The van der Waals surface area contributed by atoms with Gasteiger partial charge in [-0.1, -0.05) is 24.2 Å². The third-order valence-corrected chi connectivity index (χ3v) is 4.05. The summed E-state index contributed by atoms with van der Waals surface area (Å²) >= 11 is 0. The Balaban J connectivity index is 2.21. The third kappa shape index (κ3) is 4.90. The van der Waals surface area contributed by atoms with Crippen LogP contribution in [0.25, 0.3) is 0 Å². The SMILES string of the molecule is CCOC(=O)c1c(CON=C(C)c2cccc(C(F)(F)F)c2)c(CC)nn1C. The first kappa shape index (κ1) is 21.5. The van der Waals surface area contributed by atoms with Crippen molar-refractivity contribution in [1.29, 1.82) is 0 Å². The van der Waals surface area contributed by atoms with Crippen molar-refractivity contribution in [3.8, 4) is 0 Å². The van der Waals surface area contributed by atoms with Crippen LogP contribution >= 0.6 is 0 Å². The molecule has 0 aliphatic rings. The van der Waals surface area contributed by atoms with Crippen LogP contribution in [0.4, 0.5) is 13.2 Å². The fraction of sp³-hybridized carbons (Fsp3) is 0.421. The molecule has 0 spiro atoms. The van der Waals surface area contributed by atoms with E-state index in [0.717, 1.165) is 12.1 Å². The molecule has 0 atom stereocenters. The Bertz CT molecular complexity index is 873. The molecule has 1 aromatic heterocycles. The lowest BCUT2D eigenvalue weighted by Gasteiger charge is -2.09. The number of benzene rings is 1. The number of rotatable bonds is 7. The zero-order valence-corrected chi connectivity index (χ0v) is 16.1. The fourth-order valence-corrected chi connectivity index (χ4v) is 2.68. The topological polar surface area (TPSA) is 65.7 Å². The van der Waals surface area contributed by atoms with Crippen molar-refractivity contribution in [2.75, 3.05) is 6.61 Å². The monoisotopic (exact) mass is 397 g/mol. The Morgan fingerprint density at radius 2 is 2.00 bits per heavy atom. The Morgan fingerprint density at radius 1 is 1.29 bits per heavy atom. The van der Waals surface area contributed by atoms with Crippen molar-refractivity contribution in [2.24, 2.45) is 12.2 Å². The molecule has 6 nitrogen and oxygen atoms in total. The normalized spacial score (nSPS) is 12.2. The number of nitrogens with zero attached hydrogens (tertiary/aromatic N) is 3. The van der Waals surface area contributed by atoms with Gasteiger partial charge in [-0.05, 0) is 38.0 Å². The summed E-state index contributed by atoms with van der Waals surface area (Å²) in [5.74, 6) is -0.519. The van der Waals surface area contributed by atoms with Gasteiger partial charge in [-0.15, -0.1) is 0 Å². The molecule has 1 aromatic carbocycles. The first-order chi connectivity index (χ1) is 13.2. The summed E-state index contributed by atoms with van der Waals surface area (Å²) in [6.07, 6.45) is -3.86. The van der Waals surface area contributed by atoms with Gasteiger partial charge in [-0.2, -0.15) is 18.3 Å². The number of carbonyl (C=O) groups excluding carboxylic acids is 1. The zero-order valence-electron chi connectivity index (χ0n) is 16.1. The minimum atomic E-state index is -4.43. The van der Waals surface area contributed by atoms with E-state index in [9.17, 15) is 18.0 Å². The highest BCUT2D eigenvalue weighted by Gasteiger charge is 2.30. The van der Waals surface area contributed by atoms with E-state index in [2.05, 4.69) is 10.3 Å². The molecular formula is C19H22F3N3O3. The highest BCUT2D eigenvalue weighted by Crippen LogP contribution is 2.29. The molecule has 1 heterocycles. The van der Waals surface area contributed by atoms with Crippen LogP contribution in [0.15, 0.2) is 29.4 Å². The second-order valence-electron chi connectivity index (χ2n) is 6.00. The Kier molecular flexibility index (Phi) is 6.82. The number of hydrogen-bond acceptors (Lipinski definition) is 5. The minimum Gasteiger partial charge on any atom is -0.461 e. The molecule has 152 valence electrons. The van der Waals surface area contributed by atoms with Crippen molar-refractivity contribution < 1.29 is 27.5 Å². The Hall–Kier alpha value is -2.84. The number of aryl methyl sites for hydroxylation is 2. The van der Waals surface area contributed by atoms with Crippen LogP contribution in [0.1, 0.15) is 53.6 Å². The summed E-state index contributed by atoms with van der Waals surface area (Å²) < 4.78 is 45.0. The molecule has 0 bridgehead atoms. The van der Waals surface area contributed by atoms with Crippen LogP contribution in [0.5, 0.6) is 0 Å². The molecule has 9 heteroatoms. The molecule has 0 saturated heterocycles. The van der Waals surface area contributed by atoms with E-state index in [1.165, 1.54) is 16.8 Å². The molecule has 0 radical (unpaired) electrons. The molecule has 0 amide bonds. The van der Waals surface area contributed by atoms with E-state index in [-0.39, 0.29) is 24.6 Å². The van der Waals surface area contributed by atoms with Crippen LogP contribution in [0.3, 0.4) is 0 Å². The number of oxime groups is 1. The second-order valence-corrected chi connectivity index (χ2v) is 6.00. The average Bonchev–Trinajstić information content (AvgIpc) is 2.96. The summed E-state index contributed by atoms with van der Waals surface area (Å²) in [5.41, 5.74) is 1.30. The molecule has 0 aliphatic carbocycles. The predicted molar refractivity (Wildman–Crippen MR) is 97.0 cm³/mol. The maximum atomic E-state index is 12.8. The number of esters is 1. The zero-order chi connectivity index (χ0) is 20.9. The highest BCUT2D eigenvalue weighted by atomic mass is 19.4. The smallest absolute Gasteiger partial charge is 0.416 e. The molecule has 0 saturated carbocycles. The summed E-state index contributed by atoms with van der Waals surface area (Å²) in [6, 6.07) is 4.83. The van der Waals surface area contributed by atoms with Gasteiger partial charge in [0.25, 0.3) is 0 Å². The quantitative estimate of drug-likeness (QED) is 0.401. The van der Waals surface area contributed by atoms with Gasteiger partial charge < -0.3 is 9.57 Å². The van der Waals surface area contributed by atoms with E-state index in [1.54, 1.807) is 20.9 Å². The first-order valence-corrected chi connectivity index (χ1v) is 8.75. The van der Waals surface area contributed by atoms with Crippen molar-refractivity contribution in [3.63, 3.8) is 0 Å². The summed E-state index contributed by atoms with van der Waals surface area (Å²) in [6.45, 7) is 5.30. The second kappa shape index (κ2) is 8.90. The molecule has 0 unspecified atom stereocenters. The molecule has 28 heavy (non-hydrogen) atoms. The van der Waals surface area contributed by atoms with Crippen molar-refractivity contribution in [2.45, 2.75) is 40.0 Å². The average molecular weight is 397 g/mol. The van der Waals surface area contributed by atoms with Gasteiger partial charge in [-0.25, -0.2) is 4.79 Å². The third-order valence-electron chi connectivity index (χ3n) is 4.05. The number of aromatic nitrogens is 2. The number of ether oxygens (including phenoxy) is 1. The van der Waals surface area contributed by atoms with Crippen LogP contribution < -0.4 is 0 Å². The van der Waals surface area contributed by atoms with Crippen LogP contribution in [-0.2, 0) is 35.8 Å².